The molecule has 0 bridgehead atoms. The predicted molar refractivity (Wildman–Crippen MR) is 101 cm³/mol. The van der Waals surface area contributed by atoms with E-state index in [0.29, 0.717) is 5.92 Å². The van der Waals surface area contributed by atoms with Gasteiger partial charge in [-0.2, -0.15) is 0 Å². The molecule has 3 rings (SSSR count). The molecule has 0 radical (unpaired) electrons. The minimum absolute atomic E-state index is 0.00283. The smallest absolute Gasteiger partial charge is 0.122 e. The number of fused-ring (bicyclic) bond motifs is 1. The van der Waals surface area contributed by atoms with Crippen molar-refractivity contribution in [1.29, 1.82) is 0 Å². The second-order valence-corrected chi connectivity index (χ2v) is 8.42. The Bertz CT molecular complexity index is 630. The van der Waals surface area contributed by atoms with Crippen molar-refractivity contribution in [3.05, 3.63) is 35.9 Å². The first-order valence-electron chi connectivity index (χ1n) is 9.42. The lowest BCUT2D eigenvalue weighted by molar-refractivity contribution is -0.0996. The van der Waals surface area contributed by atoms with Crippen LogP contribution in [-0.2, 0) is 6.42 Å². The Hall–Kier alpha value is -1.48. The first-order chi connectivity index (χ1) is 11.8. The summed E-state index contributed by atoms with van der Waals surface area (Å²) >= 11 is 0. The average Bonchev–Trinajstić information content (AvgIpc) is 2.60. The van der Waals surface area contributed by atoms with E-state index in [-0.39, 0.29) is 16.9 Å². The zero-order valence-corrected chi connectivity index (χ0v) is 16.1. The molecular weight excluding hydrogens is 312 g/mol. The van der Waals surface area contributed by atoms with Crippen molar-refractivity contribution in [2.45, 2.75) is 58.5 Å². The fourth-order valence-corrected chi connectivity index (χ4v) is 5.39. The van der Waals surface area contributed by atoms with E-state index in [1.165, 1.54) is 17.6 Å². The van der Waals surface area contributed by atoms with Gasteiger partial charge in [-0.1, -0.05) is 32.4 Å². The lowest BCUT2D eigenvalue weighted by Gasteiger charge is -2.58. The first-order valence-corrected chi connectivity index (χ1v) is 9.42. The van der Waals surface area contributed by atoms with Crippen molar-refractivity contribution < 1.29 is 14.6 Å². The highest BCUT2D eigenvalue weighted by Gasteiger charge is 2.54. The second-order valence-electron chi connectivity index (χ2n) is 8.42. The molecule has 2 unspecified atom stereocenters. The number of allylic oxidation sites excluding steroid dienone is 1. The lowest BCUT2D eigenvalue weighted by Crippen LogP contribution is -2.53. The van der Waals surface area contributed by atoms with E-state index in [2.05, 4.69) is 32.6 Å². The van der Waals surface area contributed by atoms with Crippen molar-refractivity contribution >= 4 is 0 Å². The molecule has 3 heteroatoms. The van der Waals surface area contributed by atoms with Crippen LogP contribution in [0.5, 0.6) is 11.5 Å². The number of hydrogen-bond acceptors (Lipinski definition) is 3. The largest absolute Gasteiger partial charge is 0.497 e. The van der Waals surface area contributed by atoms with Crippen molar-refractivity contribution in [3.63, 3.8) is 0 Å². The Morgan fingerprint density at radius 2 is 1.76 bits per heavy atom. The van der Waals surface area contributed by atoms with Crippen molar-refractivity contribution in [3.8, 4) is 11.5 Å². The van der Waals surface area contributed by atoms with Gasteiger partial charge in [-0.25, -0.2) is 0 Å². The van der Waals surface area contributed by atoms with Gasteiger partial charge in [-0.05, 0) is 66.5 Å². The summed E-state index contributed by atoms with van der Waals surface area (Å²) in [4.78, 5) is 0. The monoisotopic (exact) mass is 344 g/mol. The number of hydrogen-bond donors (Lipinski definition) is 1. The molecule has 4 atom stereocenters. The Labute approximate surface area is 152 Å². The highest BCUT2D eigenvalue weighted by Crippen LogP contribution is 2.60. The molecular formula is C22H32O3. The maximum absolute atomic E-state index is 10.7. The Morgan fingerprint density at radius 3 is 2.36 bits per heavy atom. The highest BCUT2D eigenvalue weighted by atomic mass is 16.5. The number of aliphatic hydroxyl groups excluding tert-OH is 1. The van der Waals surface area contributed by atoms with Gasteiger partial charge >= 0.3 is 0 Å². The van der Waals surface area contributed by atoms with Crippen LogP contribution in [0.3, 0.4) is 0 Å². The van der Waals surface area contributed by atoms with Crippen LogP contribution < -0.4 is 9.47 Å². The fourth-order valence-electron chi connectivity index (χ4n) is 5.39. The number of methoxy groups -OCH3 is 2. The average molecular weight is 344 g/mol. The molecule has 0 saturated heterocycles. The zero-order valence-electron chi connectivity index (χ0n) is 16.1. The minimum atomic E-state index is -0.196. The van der Waals surface area contributed by atoms with Crippen LogP contribution in [0.25, 0.3) is 0 Å². The molecule has 2 fully saturated rings. The van der Waals surface area contributed by atoms with Crippen molar-refractivity contribution in [1.82, 2.24) is 0 Å². The van der Waals surface area contributed by atoms with Gasteiger partial charge in [0.25, 0.3) is 0 Å². The number of aliphatic hydroxyl groups is 1. The van der Waals surface area contributed by atoms with Crippen LogP contribution in [0, 0.1) is 16.7 Å². The third-order valence-corrected chi connectivity index (χ3v) is 7.05. The summed E-state index contributed by atoms with van der Waals surface area (Å²) in [5.41, 5.74) is 2.53. The highest BCUT2D eigenvalue weighted by molar-refractivity contribution is 5.40. The van der Waals surface area contributed by atoms with Crippen LogP contribution in [0.2, 0.25) is 0 Å². The van der Waals surface area contributed by atoms with Crippen molar-refractivity contribution in [2.75, 3.05) is 14.2 Å². The quantitative estimate of drug-likeness (QED) is 0.800. The molecule has 0 amide bonds. The molecule has 2 aliphatic rings. The van der Waals surface area contributed by atoms with Gasteiger partial charge < -0.3 is 14.6 Å². The summed E-state index contributed by atoms with van der Waals surface area (Å²) in [5, 5.41) is 10.7. The molecule has 1 aromatic rings. The van der Waals surface area contributed by atoms with Crippen molar-refractivity contribution in [2.24, 2.45) is 16.7 Å². The molecule has 2 aliphatic carbocycles. The SMILES string of the molecule is C=C1CC[C@@]2(C)C(CCC[C@@H]2O)C1(C)Cc1cc(OC)cc(OC)c1. The standard InChI is InChI=1S/C22H32O3/c1-15-9-10-21(2)19(7-6-8-20(21)23)22(15,3)14-16-11-17(24-4)13-18(12-16)25-5/h11-13,19-20,23H,1,6-10,14H2,2-5H3/t19?,20-,21-,22?/m0/s1. The van der Waals surface area contributed by atoms with E-state index in [0.717, 1.165) is 43.6 Å². The van der Waals surface area contributed by atoms with E-state index in [9.17, 15) is 5.11 Å². The summed E-state index contributed by atoms with van der Waals surface area (Å²) in [6.45, 7) is 9.09. The van der Waals surface area contributed by atoms with E-state index in [1.54, 1.807) is 14.2 Å². The number of rotatable bonds is 4. The van der Waals surface area contributed by atoms with Gasteiger partial charge in [-0.3, -0.25) is 0 Å². The molecule has 2 saturated carbocycles. The van der Waals surface area contributed by atoms with Crippen LogP contribution in [-0.4, -0.2) is 25.4 Å². The maximum Gasteiger partial charge on any atom is 0.122 e. The van der Waals surface area contributed by atoms with E-state index in [4.69, 9.17) is 9.47 Å². The summed E-state index contributed by atoms with van der Waals surface area (Å²) in [6, 6.07) is 6.12. The zero-order chi connectivity index (χ0) is 18.2. The first kappa shape index (κ1) is 18.3. The normalized spacial score (nSPS) is 35.2. The van der Waals surface area contributed by atoms with Crippen LogP contribution in [0.4, 0.5) is 0 Å². The van der Waals surface area contributed by atoms with E-state index in [1.807, 2.05) is 6.07 Å². The Morgan fingerprint density at radius 1 is 1.12 bits per heavy atom. The third kappa shape index (κ3) is 3.08. The van der Waals surface area contributed by atoms with Crippen LogP contribution in [0.15, 0.2) is 30.4 Å². The molecule has 0 aromatic heterocycles. The van der Waals surface area contributed by atoms with Gasteiger partial charge in [0, 0.05) is 6.07 Å². The fraction of sp³-hybridized carbons (Fsp3) is 0.636. The molecule has 138 valence electrons. The van der Waals surface area contributed by atoms with Gasteiger partial charge in [-0.15, -0.1) is 0 Å². The minimum Gasteiger partial charge on any atom is -0.497 e. The van der Waals surface area contributed by atoms with Crippen LogP contribution >= 0.6 is 0 Å². The summed E-state index contributed by atoms with van der Waals surface area (Å²) < 4.78 is 10.9. The molecule has 0 aliphatic heterocycles. The lowest BCUT2D eigenvalue weighted by atomic mass is 9.48. The molecule has 3 nitrogen and oxygen atoms in total. The van der Waals surface area contributed by atoms with Crippen LogP contribution in [0.1, 0.15) is 51.5 Å². The van der Waals surface area contributed by atoms with Gasteiger partial charge in [0.05, 0.1) is 20.3 Å². The predicted octanol–water partition coefficient (Wildman–Crippen LogP) is 4.77. The van der Waals surface area contributed by atoms with Gasteiger partial charge in [0.1, 0.15) is 11.5 Å². The third-order valence-electron chi connectivity index (χ3n) is 7.05. The molecule has 1 N–H and O–H groups in total. The number of benzene rings is 1. The van der Waals surface area contributed by atoms with Gasteiger partial charge in [0.2, 0.25) is 0 Å². The van der Waals surface area contributed by atoms with Gasteiger partial charge in [0.15, 0.2) is 0 Å². The topological polar surface area (TPSA) is 38.7 Å². The molecule has 0 heterocycles. The summed E-state index contributed by atoms with van der Waals surface area (Å²) in [5.74, 6) is 2.11. The summed E-state index contributed by atoms with van der Waals surface area (Å²) in [6.07, 6.45) is 5.97. The maximum atomic E-state index is 10.7. The Kier molecular flexibility index (Phi) is 4.89. The number of ether oxygens (including phenoxy) is 2. The molecule has 0 spiro atoms. The Balaban J connectivity index is 1.97. The van der Waals surface area contributed by atoms with E-state index < -0.39 is 0 Å². The molecule has 25 heavy (non-hydrogen) atoms. The second kappa shape index (κ2) is 6.68. The van der Waals surface area contributed by atoms with E-state index >= 15 is 0 Å². The summed E-state index contributed by atoms with van der Waals surface area (Å²) in [7, 11) is 3.38. The molecule has 1 aromatic carbocycles.